The fraction of sp³-hybridized carbons (Fsp3) is 0.850. The fourth-order valence-corrected chi connectivity index (χ4v) is 3.35. The zero-order valence-corrected chi connectivity index (χ0v) is 15.6. The number of unbranched alkanes of at least 4 members (excludes halogenated alkanes) is 8. The first-order valence-electron chi connectivity index (χ1n) is 9.79. The largest absolute Gasteiger partial charge is 0.258 e. The van der Waals surface area contributed by atoms with Crippen molar-refractivity contribution < 1.29 is 4.57 Å². The molecule has 1 heterocycles. The van der Waals surface area contributed by atoms with Crippen molar-refractivity contribution in [3.8, 4) is 0 Å². The van der Waals surface area contributed by atoms with Gasteiger partial charge in [-0.1, -0.05) is 72.6 Å². The summed E-state index contributed by atoms with van der Waals surface area (Å²) in [5.74, 6) is 2.11. The van der Waals surface area contributed by atoms with Gasteiger partial charge in [-0.15, -0.1) is 0 Å². The lowest BCUT2D eigenvalue weighted by molar-refractivity contribution is -0.705. The lowest BCUT2D eigenvalue weighted by Crippen LogP contribution is -2.38. The smallest absolute Gasteiger partial charge is 0.234 e. The Kier molecular flexibility index (Phi) is 10.3. The van der Waals surface area contributed by atoms with Gasteiger partial charge in [0.2, 0.25) is 0 Å². The Bertz CT molecular complexity index is 379. The minimum Gasteiger partial charge on any atom is -0.234 e. The summed E-state index contributed by atoms with van der Waals surface area (Å²) in [5, 5.41) is 0. The van der Waals surface area contributed by atoms with Gasteiger partial charge in [-0.05, 0) is 19.3 Å². The molecule has 0 aliphatic rings. The number of aromatic nitrogens is 2. The van der Waals surface area contributed by atoms with E-state index < -0.39 is 0 Å². The maximum absolute atomic E-state index is 2.49. The van der Waals surface area contributed by atoms with E-state index in [1.165, 1.54) is 76.6 Å². The number of aryl methyl sites for hydroxylation is 2. The Balaban J connectivity index is 2.22. The van der Waals surface area contributed by atoms with Gasteiger partial charge in [0.25, 0.3) is 5.82 Å². The molecule has 0 fully saturated rings. The van der Waals surface area contributed by atoms with Crippen LogP contribution in [0.3, 0.4) is 0 Å². The van der Waals surface area contributed by atoms with Gasteiger partial charge in [-0.3, -0.25) is 0 Å². The number of rotatable bonds is 13. The van der Waals surface area contributed by atoms with E-state index >= 15 is 0 Å². The molecule has 0 aliphatic carbocycles. The van der Waals surface area contributed by atoms with Crippen molar-refractivity contribution in [3.05, 3.63) is 18.2 Å². The van der Waals surface area contributed by atoms with Crippen molar-refractivity contribution in [2.75, 3.05) is 0 Å². The van der Waals surface area contributed by atoms with Gasteiger partial charge < -0.3 is 0 Å². The molecule has 0 bridgehead atoms. The Morgan fingerprint density at radius 3 is 2.00 bits per heavy atom. The highest BCUT2D eigenvalue weighted by molar-refractivity contribution is 4.89. The lowest BCUT2D eigenvalue weighted by atomic mass is 10.1. The topological polar surface area (TPSA) is 8.81 Å². The second kappa shape index (κ2) is 11.7. The fourth-order valence-electron chi connectivity index (χ4n) is 3.35. The quantitative estimate of drug-likeness (QED) is 0.320. The van der Waals surface area contributed by atoms with Gasteiger partial charge in [0.1, 0.15) is 12.4 Å². The van der Waals surface area contributed by atoms with Crippen LogP contribution in [-0.2, 0) is 13.1 Å². The average molecular weight is 308 g/mol. The second-order valence-corrected chi connectivity index (χ2v) is 7.03. The summed E-state index contributed by atoms with van der Waals surface area (Å²) in [6.07, 6.45) is 18.4. The molecule has 1 aromatic rings. The highest BCUT2D eigenvalue weighted by atomic mass is 15.1. The van der Waals surface area contributed by atoms with E-state index in [1.54, 1.807) is 0 Å². The third-order valence-electron chi connectivity index (χ3n) is 4.50. The molecule has 1 rings (SSSR count). The zero-order chi connectivity index (χ0) is 16.2. The summed E-state index contributed by atoms with van der Waals surface area (Å²) < 4.78 is 4.93. The molecular formula is C20H39N2+. The molecule has 0 saturated heterocycles. The van der Waals surface area contributed by atoms with Crippen LogP contribution in [0.5, 0.6) is 0 Å². The summed E-state index contributed by atoms with van der Waals surface area (Å²) in [6.45, 7) is 11.5. The van der Waals surface area contributed by atoms with Crippen molar-refractivity contribution in [2.24, 2.45) is 0 Å². The maximum atomic E-state index is 2.49. The van der Waals surface area contributed by atoms with Gasteiger partial charge >= 0.3 is 0 Å². The van der Waals surface area contributed by atoms with Gasteiger partial charge in [-0.25, -0.2) is 9.13 Å². The first kappa shape index (κ1) is 19.3. The van der Waals surface area contributed by atoms with Gasteiger partial charge in [0.05, 0.1) is 19.0 Å². The normalized spacial score (nSPS) is 11.5. The average Bonchev–Trinajstić information content (AvgIpc) is 2.89. The molecule has 0 radical (unpaired) electrons. The molecule has 0 aliphatic heterocycles. The summed E-state index contributed by atoms with van der Waals surface area (Å²) in [6, 6.07) is 0. The molecule has 128 valence electrons. The van der Waals surface area contributed by atoms with Crippen molar-refractivity contribution in [3.63, 3.8) is 0 Å². The predicted molar refractivity (Wildman–Crippen MR) is 96.2 cm³/mol. The summed E-state index contributed by atoms with van der Waals surface area (Å²) in [4.78, 5) is 0. The van der Waals surface area contributed by atoms with Crippen LogP contribution < -0.4 is 4.57 Å². The van der Waals surface area contributed by atoms with E-state index in [4.69, 9.17) is 0 Å². The zero-order valence-electron chi connectivity index (χ0n) is 15.6. The van der Waals surface area contributed by atoms with Crippen LogP contribution in [0.25, 0.3) is 0 Å². The Labute approximate surface area is 138 Å². The molecular weight excluding hydrogens is 268 g/mol. The van der Waals surface area contributed by atoms with Crippen LogP contribution in [0.1, 0.15) is 104 Å². The summed E-state index contributed by atoms with van der Waals surface area (Å²) >= 11 is 0. The highest BCUT2D eigenvalue weighted by Gasteiger charge is 2.19. The number of imidazole rings is 1. The third-order valence-corrected chi connectivity index (χ3v) is 4.50. The Hall–Kier alpha value is -0.790. The Morgan fingerprint density at radius 2 is 1.45 bits per heavy atom. The summed E-state index contributed by atoms with van der Waals surface area (Å²) in [5.41, 5.74) is 0. The van der Waals surface area contributed by atoms with E-state index in [0.717, 1.165) is 6.54 Å². The van der Waals surface area contributed by atoms with Gasteiger partial charge in [0.15, 0.2) is 0 Å². The Morgan fingerprint density at radius 1 is 0.864 bits per heavy atom. The molecule has 0 saturated carbocycles. The molecule has 1 aromatic heterocycles. The highest BCUT2D eigenvalue weighted by Crippen LogP contribution is 2.13. The summed E-state index contributed by atoms with van der Waals surface area (Å²) in [7, 11) is 0. The van der Waals surface area contributed by atoms with Crippen LogP contribution in [-0.4, -0.2) is 4.57 Å². The van der Waals surface area contributed by atoms with Crippen LogP contribution >= 0.6 is 0 Å². The standard InChI is InChI=1S/C20H39N2/c1-5-7-8-9-10-11-12-13-14-16-22-18-17-21(15-6-2)20(22)19(3)4/h17-19H,5-16H2,1-4H3/q+1. The van der Waals surface area contributed by atoms with E-state index in [2.05, 4.69) is 49.2 Å². The third kappa shape index (κ3) is 6.98. The molecule has 0 aromatic carbocycles. The molecule has 0 spiro atoms. The maximum Gasteiger partial charge on any atom is 0.258 e. The monoisotopic (exact) mass is 307 g/mol. The predicted octanol–water partition coefficient (Wildman–Crippen LogP) is 5.84. The molecule has 2 nitrogen and oxygen atoms in total. The van der Waals surface area contributed by atoms with E-state index in [1.807, 2.05) is 0 Å². The van der Waals surface area contributed by atoms with Gasteiger partial charge in [0, 0.05) is 0 Å². The van der Waals surface area contributed by atoms with Crippen molar-refractivity contribution in [1.29, 1.82) is 0 Å². The van der Waals surface area contributed by atoms with E-state index in [9.17, 15) is 0 Å². The number of hydrogen-bond donors (Lipinski definition) is 0. The van der Waals surface area contributed by atoms with Crippen LogP contribution in [0, 0.1) is 0 Å². The van der Waals surface area contributed by atoms with E-state index in [0.29, 0.717) is 5.92 Å². The molecule has 0 amide bonds. The van der Waals surface area contributed by atoms with Crippen LogP contribution in [0.2, 0.25) is 0 Å². The first-order valence-corrected chi connectivity index (χ1v) is 9.79. The number of hydrogen-bond acceptors (Lipinski definition) is 0. The molecule has 0 atom stereocenters. The minimum absolute atomic E-state index is 0.611. The molecule has 22 heavy (non-hydrogen) atoms. The molecule has 0 N–H and O–H groups in total. The second-order valence-electron chi connectivity index (χ2n) is 7.03. The van der Waals surface area contributed by atoms with Crippen molar-refractivity contribution in [2.45, 2.75) is 111 Å². The van der Waals surface area contributed by atoms with Crippen LogP contribution in [0.4, 0.5) is 0 Å². The lowest BCUT2D eigenvalue weighted by Gasteiger charge is -2.07. The van der Waals surface area contributed by atoms with Gasteiger partial charge in [-0.2, -0.15) is 0 Å². The molecule has 2 heteroatoms. The number of nitrogens with zero attached hydrogens (tertiary/aromatic N) is 2. The van der Waals surface area contributed by atoms with Crippen molar-refractivity contribution >= 4 is 0 Å². The SMILES string of the molecule is CCCCCCCCCCC[n+]1ccn(CCC)c1C(C)C. The van der Waals surface area contributed by atoms with Crippen molar-refractivity contribution in [1.82, 2.24) is 4.57 Å². The minimum atomic E-state index is 0.611. The molecule has 0 unspecified atom stereocenters. The van der Waals surface area contributed by atoms with Crippen LogP contribution in [0.15, 0.2) is 12.4 Å². The first-order chi connectivity index (χ1) is 10.7. The van der Waals surface area contributed by atoms with E-state index in [-0.39, 0.29) is 0 Å².